The number of benzene rings is 1. The molecule has 0 amide bonds. The van der Waals surface area contributed by atoms with Gasteiger partial charge in [-0.25, -0.2) is 0 Å². The fraction of sp³-hybridized carbons (Fsp3) is 0.692. The van der Waals surface area contributed by atoms with Crippen molar-refractivity contribution in [3.05, 3.63) is 24.3 Å². The summed E-state index contributed by atoms with van der Waals surface area (Å²) < 4.78 is 2.11. The van der Waals surface area contributed by atoms with Gasteiger partial charge in [-0.15, -0.1) is 0 Å². The molecular formula is C26H40N2S6. The Kier molecular flexibility index (Phi) is 13.9. The zero-order chi connectivity index (χ0) is 24.2. The van der Waals surface area contributed by atoms with E-state index in [0.717, 1.165) is 34.6 Å². The van der Waals surface area contributed by atoms with E-state index >= 15 is 0 Å². The smallest absolute Gasteiger partial charge is 0.147 e. The standard InChI is InChI=1S/C26H40N2S6/c1-3-19-27(21-11-7-5-8-12-21)25(29)33-31-23-15-17-24(18-16-23)32-34-26(30)28(20-4-2)22-13-9-6-10-14-22/h15-18,21-22H,3-14,19-20H2,1-2H3. The summed E-state index contributed by atoms with van der Waals surface area (Å²) in [6, 6.07) is 10.2. The molecule has 0 aromatic heterocycles. The van der Waals surface area contributed by atoms with Crippen molar-refractivity contribution in [2.24, 2.45) is 0 Å². The fourth-order valence-electron chi connectivity index (χ4n) is 4.93. The zero-order valence-corrected chi connectivity index (χ0v) is 25.6. The molecule has 2 saturated carbocycles. The van der Waals surface area contributed by atoms with Crippen LogP contribution in [0, 0.1) is 0 Å². The first-order valence-electron chi connectivity index (χ1n) is 13.0. The molecule has 0 bridgehead atoms. The second kappa shape index (κ2) is 16.3. The van der Waals surface area contributed by atoms with Gasteiger partial charge in [-0.3, -0.25) is 0 Å². The molecule has 1 aromatic rings. The molecule has 0 saturated heterocycles. The monoisotopic (exact) mass is 572 g/mol. The maximum Gasteiger partial charge on any atom is 0.147 e. The first-order chi connectivity index (χ1) is 16.6. The van der Waals surface area contributed by atoms with E-state index in [0.29, 0.717) is 12.1 Å². The maximum absolute atomic E-state index is 5.86. The summed E-state index contributed by atoms with van der Waals surface area (Å²) in [4.78, 5) is 7.53. The van der Waals surface area contributed by atoms with Crippen molar-refractivity contribution in [2.75, 3.05) is 13.1 Å². The second-order valence-electron chi connectivity index (χ2n) is 9.31. The number of thiocarbonyl (C=S) groups is 2. The van der Waals surface area contributed by atoms with Gasteiger partial charge in [0.25, 0.3) is 0 Å². The lowest BCUT2D eigenvalue weighted by Crippen LogP contribution is -2.39. The molecule has 8 heteroatoms. The molecule has 0 atom stereocenters. The minimum atomic E-state index is 0.648. The minimum Gasteiger partial charge on any atom is -0.354 e. The van der Waals surface area contributed by atoms with Crippen molar-refractivity contribution in [1.82, 2.24) is 9.80 Å². The van der Waals surface area contributed by atoms with E-state index in [9.17, 15) is 0 Å². The largest absolute Gasteiger partial charge is 0.354 e. The lowest BCUT2D eigenvalue weighted by molar-refractivity contribution is 0.251. The molecule has 0 radical (unpaired) electrons. The molecule has 0 aliphatic heterocycles. The van der Waals surface area contributed by atoms with Gasteiger partial charge >= 0.3 is 0 Å². The van der Waals surface area contributed by atoms with Crippen LogP contribution < -0.4 is 0 Å². The van der Waals surface area contributed by atoms with Gasteiger partial charge in [0.2, 0.25) is 0 Å². The lowest BCUT2D eigenvalue weighted by Gasteiger charge is -2.35. The highest BCUT2D eigenvalue weighted by molar-refractivity contribution is 8.84. The average molecular weight is 573 g/mol. The van der Waals surface area contributed by atoms with E-state index in [1.165, 1.54) is 74.0 Å². The van der Waals surface area contributed by atoms with Crippen LogP contribution in [0.5, 0.6) is 0 Å². The summed E-state index contributed by atoms with van der Waals surface area (Å²) in [5, 5.41) is 0. The van der Waals surface area contributed by atoms with Gasteiger partial charge in [-0.2, -0.15) is 0 Å². The van der Waals surface area contributed by atoms with Crippen molar-refractivity contribution in [1.29, 1.82) is 0 Å². The Morgan fingerprint density at radius 1 is 0.676 bits per heavy atom. The minimum absolute atomic E-state index is 0.648. The number of hydrogen-bond donors (Lipinski definition) is 0. The SMILES string of the molecule is CCCN(C(=S)SSc1ccc(SSC(=S)N(CCC)C2CCCCC2)cc1)C1CCCCC1. The third kappa shape index (κ3) is 9.37. The molecule has 2 fully saturated rings. The van der Waals surface area contributed by atoms with Crippen LogP contribution >= 0.6 is 67.6 Å². The van der Waals surface area contributed by atoms with E-state index in [1.54, 1.807) is 43.2 Å². The Hall–Kier alpha value is 0.400. The zero-order valence-electron chi connectivity index (χ0n) is 20.7. The van der Waals surface area contributed by atoms with Crippen LogP contribution in [0.2, 0.25) is 0 Å². The molecule has 0 N–H and O–H groups in total. The van der Waals surface area contributed by atoms with Crippen molar-refractivity contribution in [3.8, 4) is 0 Å². The Morgan fingerprint density at radius 3 is 1.35 bits per heavy atom. The third-order valence-corrected chi connectivity index (χ3v) is 12.7. The van der Waals surface area contributed by atoms with Gasteiger partial charge in [0.15, 0.2) is 0 Å². The van der Waals surface area contributed by atoms with Crippen LogP contribution in [0.3, 0.4) is 0 Å². The topological polar surface area (TPSA) is 6.48 Å². The Bertz CT molecular complexity index is 681. The van der Waals surface area contributed by atoms with Gasteiger partial charge in [0, 0.05) is 35.0 Å². The molecule has 1 aromatic carbocycles. The van der Waals surface area contributed by atoms with Crippen LogP contribution in [0.4, 0.5) is 0 Å². The van der Waals surface area contributed by atoms with E-state index in [1.807, 2.05) is 0 Å². The summed E-state index contributed by atoms with van der Waals surface area (Å²) in [6.45, 7) is 6.68. The van der Waals surface area contributed by atoms with Crippen LogP contribution in [0.25, 0.3) is 0 Å². The summed E-state index contributed by atoms with van der Waals surface area (Å²) in [7, 11) is 7.10. The molecule has 2 nitrogen and oxygen atoms in total. The van der Waals surface area contributed by atoms with Gasteiger partial charge in [-0.1, -0.05) is 98.4 Å². The third-order valence-electron chi connectivity index (χ3n) is 6.67. The van der Waals surface area contributed by atoms with E-state index < -0.39 is 0 Å². The maximum atomic E-state index is 5.86. The van der Waals surface area contributed by atoms with Crippen LogP contribution in [0.1, 0.15) is 90.9 Å². The fourth-order valence-corrected chi connectivity index (χ4v) is 9.77. The molecule has 34 heavy (non-hydrogen) atoms. The summed E-state index contributed by atoms with van der Waals surface area (Å²) in [5.74, 6) is 0. The second-order valence-corrected chi connectivity index (χ2v) is 15.0. The predicted octanol–water partition coefficient (Wildman–Crippen LogP) is 9.83. The van der Waals surface area contributed by atoms with Crippen molar-refractivity contribution in [3.63, 3.8) is 0 Å². The molecule has 0 spiro atoms. The summed E-state index contributed by atoms with van der Waals surface area (Å²) >= 11 is 11.7. The van der Waals surface area contributed by atoms with Gasteiger partial charge in [0.1, 0.15) is 8.64 Å². The first-order valence-corrected chi connectivity index (χ1v) is 18.1. The molecular weight excluding hydrogens is 533 g/mol. The highest BCUT2D eigenvalue weighted by Crippen LogP contribution is 2.39. The van der Waals surface area contributed by atoms with Crippen molar-refractivity contribution < 1.29 is 0 Å². The van der Waals surface area contributed by atoms with Gasteiger partial charge in [-0.05, 0) is 84.4 Å². The molecule has 0 heterocycles. The van der Waals surface area contributed by atoms with Crippen LogP contribution in [-0.4, -0.2) is 43.6 Å². The quantitative estimate of drug-likeness (QED) is 0.199. The molecule has 3 rings (SSSR count). The van der Waals surface area contributed by atoms with E-state index in [2.05, 4.69) is 47.9 Å². The Morgan fingerprint density at radius 2 is 1.03 bits per heavy atom. The molecule has 2 aliphatic carbocycles. The van der Waals surface area contributed by atoms with Crippen LogP contribution in [-0.2, 0) is 0 Å². The number of rotatable bonds is 10. The molecule has 2 aliphatic rings. The predicted molar refractivity (Wildman–Crippen MR) is 166 cm³/mol. The molecule has 190 valence electrons. The Labute approximate surface area is 234 Å². The Balaban J connectivity index is 1.46. The van der Waals surface area contributed by atoms with Crippen LogP contribution in [0.15, 0.2) is 34.1 Å². The summed E-state index contributed by atoms with van der Waals surface area (Å²) in [6.07, 6.45) is 15.7. The first kappa shape index (κ1) is 29.0. The highest BCUT2D eigenvalue weighted by Gasteiger charge is 2.24. The number of hydrogen-bond acceptors (Lipinski definition) is 6. The van der Waals surface area contributed by atoms with E-state index in [-0.39, 0.29) is 0 Å². The number of nitrogens with zero attached hydrogens (tertiary/aromatic N) is 2. The highest BCUT2D eigenvalue weighted by atomic mass is 33.1. The van der Waals surface area contributed by atoms with E-state index in [4.69, 9.17) is 24.4 Å². The summed E-state index contributed by atoms with van der Waals surface area (Å²) in [5.41, 5.74) is 0. The van der Waals surface area contributed by atoms with Crippen molar-refractivity contribution in [2.45, 2.75) is 113 Å². The lowest BCUT2D eigenvalue weighted by atomic mass is 9.94. The van der Waals surface area contributed by atoms with Gasteiger partial charge in [0.05, 0.1) is 0 Å². The average Bonchev–Trinajstić information content (AvgIpc) is 2.89. The van der Waals surface area contributed by atoms with Gasteiger partial charge < -0.3 is 9.80 Å². The molecule has 0 unspecified atom stereocenters. The van der Waals surface area contributed by atoms with Crippen molar-refractivity contribution >= 4 is 76.3 Å². The normalized spacial score (nSPS) is 17.5.